The first kappa shape index (κ1) is 16.5. The summed E-state index contributed by atoms with van der Waals surface area (Å²) in [6.45, 7) is 4.31. The van der Waals surface area contributed by atoms with Crippen LogP contribution < -0.4 is 10.1 Å². The zero-order chi connectivity index (χ0) is 14.1. The van der Waals surface area contributed by atoms with Crippen molar-refractivity contribution in [3.63, 3.8) is 0 Å². The standard InChI is InChI=1S/C14H18Br2N2O/c1-2-19-14-11(8-12(15)9-13(14)16)10-18-7-5-3-4-6-17/h8-9,18H,2-5,7,10H2,1H3. The lowest BCUT2D eigenvalue weighted by Gasteiger charge is -2.13. The lowest BCUT2D eigenvalue weighted by Crippen LogP contribution is -2.15. The summed E-state index contributed by atoms with van der Waals surface area (Å²) in [4.78, 5) is 0. The van der Waals surface area contributed by atoms with E-state index in [1.165, 1.54) is 0 Å². The second-order valence-corrected chi connectivity index (χ2v) is 5.87. The Morgan fingerprint density at radius 3 is 2.79 bits per heavy atom. The molecule has 3 nitrogen and oxygen atoms in total. The molecule has 0 aliphatic carbocycles. The minimum Gasteiger partial charge on any atom is -0.492 e. The molecule has 5 heteroatoms. The van der Waals surface area contributed by atoms with E-state index < -0.39 is 0 Å². The van der Waals surface area contributed by atoms with Crippen LogP contribution in [0.2, 0.25) is 0 Å². The summed E-state index contributed by atoms with van der Waals surface area (Å²) in [6.07, 6.45) is 2.60. The Balaban J connectivity index is 2.54. The number of unbranched alkanes of at least 4 members (excludes halogenated alkanes) is 2. The summed E-state index contributed by atoms with van der Waals surface area (Å²) in [7, 11) is 0. The van der Waals surface area contributed by atoms with Gasteiger partial charge in [-0.3, -0.25) is 0 Å². The van der Waals surface area contributed by atoms with Crippen molar-refractivity contribution < 1.29 is 4.74 Å². The van der Waals surface area contributed by atoms with Crippen molar-refractivity contribution in [2.75, 3.05) is 13.2 Å². The third kappa shape index (κ3) is 5.94. The Hall–Kier alpha value is -0.570. The summed E-state index contributed by atoms with van der Waals surface area (Å²) in [5.74, 6) is 0.898. The number of nitrogens with one attached hydrogen (secondary N) is 1. The second kappa shape index (κ2) is 9.35. The molecule has 0 spiro atoms. The highest BCUT2D eigenvalue weighted by molar-refractivity contribution is 9.11. The summed E-state index contributed by atoms with van der Waals surface area (Å²) >= 11 is 7.02. The molecule has 0 unspecified atom stereocenters. The van der Waals surface area contributed by atoms with Crippen molar-refractivity contribution in [3.8, 4) is 11.8 Å². The van der Waals surface area contributed by atoms with Gasteiger partial charge in [-0.15, -0.1) is 0 Å². The van der Waals surface area contributed by atoms with Crippen molar-refractivity contribution in [1.29, 1.82) is 5.26 Å². The van der Waals surface area contributed by atoms with Gasteiger partial charge in [0.25, 0.3) is 0 Å². The Kier molecular flexibility index (Phi) is 8.11. The first-order chi connectivity index (χ1) is 9.19. The van der Waals surface area contributed by atoms with Crippen LogP contribution >= 0.6 is 31.9 Å². The second-order valence-electron chi connectivity index (χ2n) is 4.10. The Morgan fingerprint density at radius 1 is 1.32 bits per heavy atom. The SMILES string of the molecule is CCOc1c(Br)cc(Br)cc1CNCCCCC#N. The average Bonchev–Trinajstić information content (AvgIpc) is 2.37. The number of benzene rings is 1. The highest BCUT2D eigenvalue weighted by atomic mass is 79.9. The molecule has 0 aliphatic rings. The smallest absolute Gasteiger partial charge is 0.138 e. The first-order valence-electron chi connectivity index (χ1n) is 6.37. The minimum absolute atomic E-state index is 0.633. The number of hydrogen-bond acceptors (Lipinski definition) is 3. The van der Waals surface area contributed by atoms with E-state index in [0.29, 0.717) is 13.0 Å². The molecule has 0 atom stereocenters. The van der Waals surface area contributed by atoms with Crippen LogP contribution in [0.3, 0.4) is 0 Å². The number of nitrogens with zero attached hydrogens (tertiary/aromatic N) is 1. The predicted octanol–water partition coefficient (Wildman–Crippen LogP) is 4.39. The third-order valence-electron chi connectivity index (χ3n) is 2.58. The molecule has 0 radical (unpaired) electrons. The lowest BCUT2D eigenvalue weighted by molar-refractivity contribution is 0.333. The van der Waals surface area contributed by atoms with Crippen LogP contribution in [-0.4, -0.2) is 13.2 Å². The van der Waals surface area contributed by atoms with Crippen LogP contribution in [0.4, 0.5) is 0 Å². The molecule has 0 aliphatic heterocycles. The van der Waals surface area contributed by atoms with Crippen LogP contribution in [0.5, 0.6) is 5.75 Å². The highest BCUT2D eigenvalue weighted by Gasteiger charge is 2.09. The normalized spacial score (nSPS) is 10.2. The van der Waals surface area contributed by atoms with Gasteiger partial charge in [-0.1, -0.05) is 15.9 Å². The van der Waals surface area contributed by atoms with E-state index >= 15 is 0 Å². The summed E-state index contributed by atoms with van der Waals surface area (Å²) < 4.78 is 7.66. The zero-order valence-electron chi connectivity index (χ0n) is 11.0. The maximum atomic E-state index is 8.46. The number of rotatable bonds is 8. The van der Waals surface area contributed by atoms with Gasteiger partial charge >= 0.3 is 0 Å². The molecule has 0 heterocycles. The van der Waals surface area contributed by atoms with Crippen molar-refractivity contribution in [2.24, 2.45) is 0 Å². The first-order valence-corrected chi connectivity index (χ1v) is 7.96. The maximum Gasteiger partial charge on any atom is 0.138 e. The van der Waals surface area contributed by atoms with Gasteiger partial charge in [0.05, 0.1) is 17.1 Å². The highest BCUT2D eigenvalue weighted by Crippen LogP contribution is 2.32. The minimum atomic E-state index is 0.633. The molecule has 0 amide bonds. The molecule has 1 rings (SSSR count). The van der Waals surface area contributed by atoms with Gasteiger partial charge in [-0.2, -0.15) is 5.26 Å². The fraction of sp³-hybridized carbons (Fsp3) is 0.500. The maximum absolute atomic E-state index is 8.46. The van der Waals surface area contributed by atoms with Crippen LogP contribution in [-0.2, 0) is 6.54 Å². The molecule has 1 aromatic rings. The lowest BCUT2D eigenvalue weighted by atomic mass is 10.2. The summed E-state index contributed by atoms with van der Waals surface area (Å²) in [6, 6.07) is 6.21. The van der Waals surface area contributed by atoms with E-state index in [9.17, 15) is 0 Å². The monoisotopic (exact) mass is 388 g/mol. The molecular weight excluding hydrogens is 372 g/mol. The van der Waals surface area contributed by atoms with E-state index in [4.69, 9.17) is 10.00 Å². The Labute approximate surface area is 131 Å². The molecule has 1 aromatic carbocycles. The third-order valence-corrected chi connectivity index (χ3v) is 3.63. The number of hydrogen-bond donors (Lipinski definition) is 1. The van der Waals surface area contributed by atoms with Crippen molar-refractivity contribution in [2.45, 2.75) is 32.7 Å². The van der Waals surface area contributed by atoms with Crippen LogP contribution in [0.15, 0.2) is 21.1 Å². The van der Waals surface area contributed by atoms with Gasteiger partial charge in [0.1, 0.15) is 5.75 Å². The number of halogens is 2. The van der Waals surface area contributed by atoms with E-state index in [0.717, 1.165) is 46.2 Å². The van der Waals surface area contributed by atoms with E-state index in [2.05, 4.69) is 49.3 Å². The summed E-state index contributed by atoms with van der Waals surface area (Å²) in [5, 5.41) is 11.8. The number of nitriles is 1. The zero-order valence-corrected chi connectivity index (χ0v) is 14.2. The predicted molar refractivity (Wildman–Crippen MR) is 84.2 cm³/mol. The molecule has 0 saturated carbocycles. The van der Waals surface area contributed by atoms with Crippen molar-refractivity contribution >= 4 is 31.9 Å². The molecule has 104 valence electrons. The van der Waals surface area contributed by atoms with Gasteiger partial charge in [0.2, 0.25) is 0 Å². The molecule has 19 heavy (non-hydrogen) atoms. The fourth-order valence-electron chi connectivity index (χ4n) is 1.73. The number of ether oxygens (including phenoxy) is 1. The molecule has 0 saturated heterocycles. The van der Waals surface area contributed by atoms with E-state index in [-0.39, 0.29) is 0 Å². The van der Waals surface area contributed by atoms with Gasteiger partial charge in [0.15, 0.2) is 0 Å². The van der Waals surface area contributed by atoms with Gasteiger partial charge in [-0.25, -0.2) is 0 Å². The van der Waals surface area contributed by atoms with E-state index in [1.54, 1.807) is 0 Å². The molecule has 1 N–H and O–H groups in total. The van der Waals surface area contributed by atoms with Crippen LogP contribution in [0, 0.1) is 11.3 Å². The topological polar surface area (TPSA) is 45.0 Å². The molecule has 0 aromatic heterocycles. The van der Waals surface area contributed by atoms with Crippen LogP contribution in [0.25, 0.3) is 0 Å². The fourth-order valence-corrected chi connectivity index (χ4v) is 3.16. The van der Waals surface area contributed by atoms with Crippen LogP contribution in [0.1, 0.15) is 31.7 Å². The van der Waals surface area contributed by atoms with Crippen molar-refractivity contribution in [1.82, 2.24) is 5.32 Å². The molecular formula is C14H18Br2N2O. The Morgan fingerprint density at radius 2 is 2.11 bits per heavy atom. The molecule has 0 fully saturated rings. The van der Waals surface area contributed by atoms with Gasteiger partial charge < -0.3 is 10.1 Å². The largest absolute Gasteiger partial charge is 0.492 e. The van der Waals surface area contributed by atoms with Crippen molar-refractivity contribution in [3.05, 3.63) is 26.6 Å². The molecule has 0 bridgehead atoms. The van der Waals surface area contributed by atoms with Gasteiger partial charge in [-0.05, 0) is 54.4 Å². The summed E-state index contributed by atoms with van der Waals surface area (Å²) in [5.41, 5.74) is 1.13. The van der Waals surface area contributed by atoms with Gasteiger partial charge in [0, 0.05) is 23.0 Å². The Bertz CT molecular complexity index is 444. The quantitative estimate of drug-likeness (QED) is 0.670. The average molecular weight is 390 g/mol. The van der Waals surface area contributed by atoms with E-state index in [1.807, 2.05) is 13.0 Å².